The summed E-state index contributed by atoms with van der Waals surface area (Å²) in [6.45, 7) is 3.55. The van der Waals surface area contributed by atoms with E-state index in [0.717, 1.165) is 5.69 Å². The van der Waals surface area contributed by atoms with Crippen LogP contribution in [0.15, 0.2) is 45.3 Å². The second-order valence-corrected chi connectivity index (χ2v) is 6.19. The molecule has 0 bridgehead atoms. The molecule has 11 heteroatoms. The van der Waals surface area contributed by atoms with Gasteiger partial charge in [-0.15, -0.1) is 0 Å². The molecule has 26 heavy (non-hydrogen) atoms. The van der Waals surface area contributed by atoms with Crippen molar-refractivity contribution in [3.8, 4) is 5.75 Å². The summed E-state index contributed by atoms with van der Waals surface area (Å²) in [5.41, 5.74) is 0.723. The zero-order chi connectivity index (χ0) is 19.1. The summed E-state index contributed by atoms with van der Waals surface area (Å²) in [6.07, 6.45) is 1.08. The van der Waals surface area contributed by atoms with Gasteiger partial charge in [0, 0.05) is 11.9 Å². The summed E-state index contributed by atoms with van der Waals surface area (Å²) < 4.78 is 5.79. The van der Waals surface area contributed by atoms with Gasteiger partial charge in [-0.1, -0.05) is 10.3 Å². The zero-order valence-electron chi connectivity index (χ0n) is 14.1. The predicted octanol–water partition coefficient (Wildman–Crippen LogP) is 2.80. The van der Waals surface area contributed by atoms with Gasteiger partial charge >= 0.3 is 6.02 Å². The van der Waals surface area contributed by atoms with Crippen LogP contribution in [-0.2, 0) is 0 Å². The fourth-order valence-electron chi connectivity index (χ4n) is 1.78. The van der Waals surface area contributed by atoms with E-state index in [9.17, 15) is 5.11 Å². The van der Waals surface area contributed by atoms with E-state index in [1.807, 2.05) is 6.92 Å². The molecule has 138 valence electrons. The average molecular weight is 423 g/mol. The van der Waals surface area contributed by atoms with Crippen LogP contribution in [0.3, 0.4) is 0 Å². The molecule has 0 spiro atoms. The van der Waals surface area contributed by atoms with Crippen LogP contribution in [0.1, 0.15) is 13.8 Å². The molecule has 2 atom stereocenters. The number of aliphatic hydroxyl groups is 1. The third-order valence-corrected chi connectivity index (χ3v) is 3.89. The van der Waals surface area contributed by atoms with Gasteiger partial charge in [-0.2, -0.15) is 4.98 Å². The molecule has 1 heterocycles. The molecule has 10 nitrogen and oxygen atoms in total. The number of benzene rings is 1. The molecule has 0 amide bonds. The van der Waals surface area contributed by atoms with Crippen molar-refractivity contribution in [2.45, 2.75) is 26.0 Å². The van der Waals surface area contributed by atoms with Crippen molar-refractivity contribution in [3.63, 3.8) is 0 Å². The van der Waals surface area contributed by atoms with Crippen LogP contribution in [0, 0.1) is 5.41 Å². The SMILES string of the molecule is C[C@@H](O)[C@@H](C)Nc1nc(Nc2ccc(OC(=N)/N=N\N)cc2)ncc1Br. The predicted molar refractivity (Wildman–Crippen MR) is 102 cm³/mol. The normalized spacial score (nSPS) is 13.2. The summed E-state index contributed by atoms with van der Waals surface area (Å²) in [5, 5.41) is 29.4. The quantitative estimate of drug-likeness (QED) is 0.157. The van der Waals surface area contributed by atoms with E-state index in [1.165, 1.54) is 0 Å². The number of nitrogens with one attached hydrogen (secondary N) is 3. The lowest BCUT2D eigenvalue weighted by Crippen LogP contribution is -2.28. The van der Waals surface area contributed by atoms with Gasteiger partial charge in [0.05, 0.1) is 16.6 Å². The van der Waals surface area contributed by atoms with Crippen molar-refractivity contribution in [2.24, 2.45) is 16.2 Å². The van der Waals surface area contributed by atoms with Gasteiger partial charge in [-0.3, -0.25) is 0 Å². The first-order valence-electron chi connectivity index (χ1n) is 7.60. The highest BCUT2D eigenvalue weighted by molar-refractivity contribution is 9.10. The van der Waals surface area contributed by atoms with Gasteiger partial charge < -0.3 is 26.3 Å². The Labute approximate surface area is 158 Å². The van der Waals surface area contributed by atoms with Gasteiger partial charge in [-0.05, 0) is 54.0 Å². The summed E-state index contributed by atoms with van der Waals surface area (Å²) in [7, 11) is 0. The number of aliphatic hydroxyl groups excluding tert-OH is 1. The Morgan fingerprint density at radius 2 is 2.04 bits per heavy atom. The fraction of sp³-hybridized carbons (Fsp3) is 0.267. The van der Waals surface area contributed by atoms with Gasteiger partial charge in [0.25, 0.3) is 0 Å². The number of rotatable bonds is 6. The molecule has 1 aromatic carbocycles. The summed E-state index contributed by atoms with van der Waals surface area (Å²) in [5.74, 6) is 6.22. The molecule has 0 fully saturated rings. The number of hydrogen-bond donors (Lipinski definition) is 5. The molecule has 0 radical (unpaired) electrons. The topological polar surface area (TPSA) is 154 Å². The third kappa shape index (κ3) is 5.63. The fourth-order valence-corrected chi connectivity index (χ4v) is 2.09. The molecule has 1 aromatic heterocycles. The van der Waals surface area contributed by atoms with Crippen molar-refractivity contribution in [3.05, 3.63) is 34.9 Å². The standard InChI is InChI=1S/C15H19BrN8O2/c1-8(9(2)25)20-13-12(16)7-19-15(22-13)21-10-3-5-11(6-4-10)26-14(17)23-24-18/h3-9,25H,1-2H3,(H3,17,18,23)(H2,19,20,21,22)/t8-,9-/m1/s1. The Hall–Kier alpha value is -2.79. The van der Waals surface area contributed by atoms with Gasteiger partial charge in [0.2, 0.25) is 5.95 Å². The van der Waals surface area contributed by atoms with Crippen LogP contribution in [0.4, 0.5) is 17.5 Å². The van der Waals surface area contributed by atoms with Crippen molar-refractivity contribution in [1.82, 2.24) is 9.97 Å². The van der Waals surface area contributed by atoms with Gasteiger partial charge in [0.1, 0.15) is 11.6 Å². The minimum Gasteiger partial charge on any atom is -0.424 e. The van der Waals surface area contributed by atoms with Crippen LogP contribution < -0.4 is 21.2 Å². The summed E-state index contributed by atoms with van der Waals surface area (Å²) >= 11 is 3.38. The molecular formula is C15H19BrN8O2. The molecule has 2 aromatic rings. The van der Waals surface area contributed by atoms with E-state index in [2.05, 4.69) is 46.9 Å². The monoisotopic (exact) mass is 422 g/mol. The number of amidine groups is 1. The zero-order valence-corrected chi connectivity index (χ0v) is 15.7. The van der Waals surface area contributed by atoms with Crippen molar-refractivity contribution >= 4 is 39.4 Å². The highest BCUT2D eigenvalue weighted by Gasteiger charge is 2.12. The van der Waals surface area contributed by atoms with Crippen LogP contribution in [0.2, 0.25) is 0 Å². The van der Waals surface area contributed by atoms with Crippen molar-refractivity contribution in [2.75, 3.05) is 10.6 Å². The Morgan fingerprint density at radius 1 is 1.35 bits per heavy atom. The van der Waals surface area contributed by atoms with Gasteiger partial charge in [0.15, 0.2) is 0 Å². The van der Waals surface area contributed by atoms with Crippen LogP contribution in [-0.4, -0.2) is 33.2 Å². The molecule has 0 aliphatic rings. The molecule has 6 N–H and O–H groups in total. The molecule has 0 saturated carbocycles. The van der Waals surface area contributed by atoms with E-state index in [0.29, 0.717) is 22.0 Å². The molecular weight excluding hydrogens is 404 g/mol. The molecule has 0 unspecified atom stereocenters. The molecule has 0 aliphatic carbocycles. The summed E-state index contributed by atoms with van der Waals surface area (Å²) in [4.78, 5) is 8.59. The number of nitrogens with two attached hydrogens (primary N) is 1. The number of ether oxygens (including phenoxy) is 1. The maximum atomic E-state index is 9.62. The largest absolute Gasteiger partial charge is 0.424 e. The van der Waals surface area contributed by atoms with E-state index in [1.54, 1.807) is 37.4 Å². The lowest BCUT2D eigenvalue weighted by molar-refractivity contribution is 0.177. The molecule has 2 rings (SSSR count). The highest BCUT2D eigenvalue weighted by atomic mass is 79.9. The third-order valence-electron chi connectivity index (χ3n) is 3.31. The number of halogens is 1. The average Bonchev–Trinajstić information content (AvgIpc) is 2.59. The Kier molecular flexibility index (Phi) is 6.81. The van der Waals surface area contributed by atoms with Crippen LogP contribution in [0.5, 0.6) is 5.75 Å². The number of aromatic nitrogens is 2. The Bertz CT molecular complexity index is 782. The van der Waals surface area contributed by atoms with Crippen LogP contribution in [0.25, 0.3) is 0 Å². The number of nitrogens with zero attached hydrogens (tertiary/aromatic N) is 4. The number of hydrogen-bond acceptors (Lipinski definition) is 8. The minimum atomic E-state index is -0.529. The first-order chi connectivity index (χ1) is 12.4. The van der Waals surface area contributed by atoms with Crippen molar-refractivity contribution in [1.29, 1.82) is 5.41 Å². The van der Waals surface area contributed by atoms with Gasteiger partial charge in [-0.25, -0.2) is 10.4 Å². The molecule has 0 saturated heterocycles. The van der Waals surface area contributed by atoms with Crippen LogP contribution >= 0.6 is 15.9 Å². The Morgan fingerprint density at radius 3 is 2.65 bits per heavy atom. The second kappa shape index (κ2) is 9.06. The van der Waals surface area contributed by atoms with E-state index < -0.39 is 12.1 Å². The van der Waals surface area contributed by atoms with E-state index in [4.69, 9.17) is 16.0 Å². The summed E-state index contributed by atoms with van der Waals surface area (Å²) in [6, 6.07) is 6.18. The first-order valence-corrected chi connectivity index (χ1v) is 8.40. The second-order valence-electron chi connectivity index (χ2n) is 5.34. The maximum absolute atomic E-state index is 9.62. The van der Waals surface area contributed by atoms with Crippen molar-refractivity contribution < 1.29 is 9.84 Å². The lowest BCUT2D eigenvalue weighted by atomic mass is 10.2. The van der Waals surface area contributed by atoms with E-state index >= 15 is 0 Å². The Balaban J connectivity index is 2.07. The lowest BCUT2D eigenvalue weighted by Gasteiger charge is -2.18. The first kappa shape index (κ1) is 19.5. The molecule has 0 aliphatic heterocycles. The smallest absolute Gasteiger partial charge is 0.334 e. The maximum Gasteiger partial charge on any atom is 0.334 e. The number of anilines is 3. The van der Waals surface area contributed by atoms with E-state index in [-0.39, 0.29) is 6.04 Å². The minimum absolute atomic E-state index is 0.175. The highest BCUT2D eigenvalue weighted by Crippen LogP contribution is 2.24.